The standard InChI is InChI=1S/C33H40O20/c1-10-28(52-32-25(44)22(41)19(38)16(8-34)50-32)24(43)27(46)31(48-10)47-9-17-20(39)23(42)26(45)33(51-17)53-30-21(40)18-14(37)6-13(36)7-15(18)49-29(30)11-2-4-12(35)5-3-11/h2-7,10,16-17,19-20,22-28,31-39,41-46H,8-9H2,1H3/t10-,16+,17+,19+,20-,22-,23-,24-,25+,26+,27+,28-,31+,32-,33-/m0/s1. The maximum Gasteiger partial charge on any atom is 0.239 e. The summed E-state index contributed by atoms with van der Waals surface area (Å²) in [5, 5.41) is 124. The molecule has 4 heterocycles. The van der Waals surface area contributed by atoms with Crippen LogP contribution in [0.25, 0.3) is 22.3 Å². The molecule has 0 amide bonds. The van der Waals surface area contributed by atoms with Gasteiger partial charge in [0.2, 0.25) is 17.5 Å². The number of hydrogen-bond acceptors (Lipinski definition) is 20. The summed E-state index contributed by atoms with van der Waals surface area (Å²) in [6, 6.07) is 7.19. The van der Waals surface area contributed by atoms with Crippen LogP contribution in [0.5, 0.6) is 23.0 Å². The van der Waals surface area contributed by atoms with Gasteiger partial charge in [0.15, 0.2) is 18.3 Å². The predicted octanol–water partition coefficient (Wildman–Crippen LogP) is -3.57. The van der Waals surface area contributed by atoms with Crippen molar-refractivity contribution in [1.82, 2.24) is 0 Å². The first-order chi connectivity index (χ1) is 25.1. The van der Waals surface area contributed by atoms with Gasteiger partial charge in [0.25, 0.3) is 0 Å². The van der Waals surface area contributed by atoms with E-state index in [1.807, 2.05) is 0 Å². The molecule has 0 radical (unpaired) electrons. The second-order valence-electron chi connectivity index (χ2n) is 12.9. The highest BCUT2D eigenvalue weighted by Crippen LogP contribution is 2.38. The quantitative estimate of drug-likeness (QED) is 0.100. The molecule has 53 heavy (non-hydrogen) atoms. The van der Waals surface area contributed by atoms with Crippen LogP contribution in [0.2, 0.25) is 0 Å². The summed E-state index contributed by atoms with van der Waals surface area (Å²) in [7, 11) is 0. The van der Waals surface area contributed by atoms with Crippen molar-refractivity contribution in [3.05, 3.63) is 46.6 Å². The zero-order valence-corrected chi connectivity index (χ0v) is 27.7. The second kappa shape index (κ2) is 15.6. The Morgan fingerprint density at radius 2 is 1.28 bits per heavy atom. The van der Waals surface area contributed by atoms with Crippen molar-refractivity contribution in [2.45, 2.75) is 99.0 Å². The predicted molar refractivity (Wildman–Crippen MR) is 171 cm³/mol. The molecule has 0 bridgehead atoms. The zero-order chi connectivity index (χ0) is 38.5. The minimum Gasteiger partial charge on any atom is -0.508 e. The third kappa shape index (κ3) is 7.52. The summed E-state index contributed by atoms with van der Waals surface area (Å²) >= 11 is 0. The number of hydrogen-bond donors (Lipinski definition) is 12. The van der Waals surface area contributed by atoms with Gasteiger partial charge in [-0.2, -0.15) is 0 Å². The molecule has 1 aromatic heterocycles. The lowest BCUT2D eigenvalue weighted by Gasteiger charge is -2.46. The highest BCUT2D eigenvalue weighted by molar-refractivity contribution is 5.88. The highest BCUT2D eigenvalue weighted by atomic mass is 16.8. The average Bonchev–Trinajstić information content (AvgIpc) is 3.12. The summed E-state index contributed by atoms with van der Waals surface area (Å²) in [5.41, 5.74) is -1.08. The molecule has 6 rings (SSSR count). The Kier molecular flexibility index (Phi) is 11.5. The van der Waals surface area contributed by atoms with Crippen molar-refractivity contribution >= 4 is 11.0 Å². The Hall–Kier alpha value is -3.71. The van der Waals surface area contributed by atoms with Crippen LogP contribution in [0.4, 0.5) is 0 Å². The molecular weight excluding hydrogens is 716 g/mol. The van der Waals surface area contributed by atoms with Gasteiger partial charge in [0, 0.05) is 17.7 Å². The molecule has 2 aromatic carbocycles. The minimum atomic E-state index is -1.99. The molecule has 3 fully saturated rings. The first-order valence-electron chi connectivity index (χ1n) is 16.4. The van der Waals surface area contributed by atoms with Crippen LogP contribution in [0.3, 0.4) is 0 Å². The van der Waals surface area contributed by atoms with Gasteiger partial charge < -0.3 is 94.1 Å². The molecule has 20 nitrogen and oxygen atoms in total. The number of ether oxygens (including phenoxy) is 6. The Morgan fingerprint density at radius 3 is 1.94 bits per heavy atom. The van der Waals surface area contributed by atoms with Crippen LogP contribution in [0.1, 0.15) is 6.92 Å². The molecule has 3 saturated heterocycles. The van der Waals surface area contributed by atoms with Crippen molar-refractivity contribution in [3.8, 4) is 34.3 Å². The van der Waals surface area contributed by atoms with Gasteiger partial charge >= 0.3 is 0 Å². The maximum absolute atomic E-state index is 13.7. The smallest absolute Gasteiger partial charge is 0.239 e. The van der Waals surface area contributed by atoms with Gasteiger partial charge in [0.1, 0.15) is 95.4 Å². The largest absolute Gasteiger partial charge is 0.508 e. The van der Waals surface area contributed by atoms with E-state index >= 15 is 0 Å². The van der Waals surface area contributed by atoms with E-state index in [-0.39, 0.29) is 22.7 Å². The number of phenols is 3. The van der Waals surface area contributed by atoms with Gasteiger partial charge in [0.05, 0.1) is 19.3 Å². The molecular formula is C33H40O20. The molecule has 0 aliphatic carbocycles. The van der Waals surface area contributed by atoms with Crippen LogP contribution >= 0.6 is 0 Å². The van der Waals surface area contributed by atoms with Crippen LogP contribution < -0.4 is 10.2 Å². The zero-order valence-electron chi connectivity index (χ0n) is 27.7. The van der Waals surface area contributed by atoms with Crippen LogP contribution in [0.15, 0.2) is 45.6 Å². The molecule has 292 valence electrons. The lowest BCUT2D eigenvalue weighted by Crippen LogP contribution is -2.64. The van der Waals surface area contributed by atoms with E-state index in [2.05, 4.69) is 0 Å². The van der Waals surface area contributed by atoms with Gasteiger partial charge in [-0.25, -0.2) is 0 Å². The molecule has 15 atom stereocenters. The number of aliphatic hydroxyl groups is 9. The number of phenolic OH excluding ortho intramolecular Hbond substituents is 3. The summed E-state index contributed by atoms with van der Waals surface area (Å²) < 4.78 is 39.4. The van der Waals surface area contributed by atoms with Crippen molar-refractivity contribution in [1.29, 1.82) is 0 Å². The van der Waals surface area contributed by atoms with Crippen molar-refractivity contribution < 1.29 is 94.1 Å². The summed E-state index contributed by atoms with van der Waals surface area (Å²) in [6.45, 7) is -0.0169. The Balaban J connectivity index is 1.18. The summed E-state index contributed by atoms with van der Waals surface area (Å²) in [5.74, 6) is -2.17. The summed E-state index contributed by atoms with van der Waals surface area (Å²) in [6.07, 6.45) is -25.2. The summed E-state index contributed by atoms with van der Waals surface area (Å²) in [4.78, 5) is 13.7. The molecule has 0 spiro atoms. The van der Waals surface area contributed by atoms with Crippen LogP contribution in [-0.2, 0) is 23.7 Å². The molecule has 0 unspecified atom stereocenters. The molecule has 3 aliphatic heterocycles. The van der Waals surface area contributed by atoms with Crippen LogP contribution in [0, 0.1) is 0 Å². The first kappa shape index (κ1) is 39.0. The fourth-order valence-corrected chi connectivity index (χ4v) is 6.30. The van der Waals surface area contributed by atoms with E-state index in [4.69, 9.17) is 32.8 Å². The topological polar surface area (TPSA) is 328 Å². The fourth-order valence-electron chi connectivity index (χ4n) is 6.30. The van der Waals surface area contributed by atoms with E-state index in [1.165, 1.54) is 31.2 Å². The minimum absolute atomic E-state index is 0.133. The van der Waals surface area contributed by atoms with Crippen molar-refractivity contribution in [2.75, 3.05) is 13.2 Å². The fraction of sp³-hybridized carbons (Fsp3) is 0.545. The van der Waals surface area contributed by atoms with Gasteiger partial charge in [-0.3, -0.25) is 4.79 Å². The number of rotatable bonds is 9. The third-order valence-corrected chi connectivity index (χ3v) is 9.29. The molecule has 3 aromatic rings. The van der Waals surface area contributed by atoms with Crippen molar-refractivity contribution in [2.24, 2.45) is 0 Å². The van der Waals surface area contributed by atoms with E-state index in [0.717, 1.165) is 12.1 Å². The molecule has 20 heteroatoms. The monoisotopic (exact) mass is 756 g/mol. The lowest BCUT2D eigenvalue weighted by atomic mass is 9.97. The Labute approximate surface area is 298 Å². The van der Waals surface area contributed by atoms with E-state index in [9.17, 15) is 66.1 Å². The second-order valence-corrected chi connectivity index (χ2v) is 12.9. The Bertz CT molecular complexity index is 1780. The number of aliphatic hydroxyl groups excluding tert-OH is 9. The third-order valence-electron chi connectivity index (χ3n) is 9.29. The van der Waals surface area contributed by atoms with Gasteiger partial charge in [-0.1, -0.05) is 0 Å². The van der Waals surface area contributed by atoms with E-state index in [1.54, 1.807) is 0 Å². The first-order valence-corrected chi connectivity index (χ1v) is 16.4. The van der Waals surface area contributed by atoms with Crippen molar-refractivity contribution in [3.63, 3.8) is 0 Å². The van der Waals surface area contributed by atoms with Gasteiger partial charge in [-0.15, -0.1) is 0 Å². The van der Waals surface area contributed by atoms with Crippen LogP contribution in [-0.4, -0.2) is 167 Å². The van der Waals surface area contributed by atoms with E-state index < -0.39 is 133 Å². The number of benzene rings is 2. The molecule has 3 aliphatic rings. The Morgan fingerprint density at radius 1 is 0.679 bits per heavy atom. The number of fused-ring (bicyclic) bond motifs is 1. The van der Waals surface area contributed by atoms with E-state index in [0.29, 0.717) is 0 Å². The average molecular weight is 757 g/mol. The van der Waals surface area contributed by atoms with Gasteiger partial charge in [-0.05, 0) is 31.2 Å². The lowest BCUT2D eigenvalue weighted by molar-refractivity contribution is -0.359. The number of aromatic hydroxyl groups is 3. The SMILES string of the molecule is C[C@@H]1O[C@@H](OC[C@H]2O[C@@H](Oc3c(-c4ccc(O)cc4)oc4cc(O)cc(O)c4c3=O)[C@H](O)[C@@H](O)[C@H]2O)[C@H](O)[C@H](O)[C@H]1O[C@@H]1O[C@H](CO)[C@@H](O)[C@H](O)[C@H]1O. The molecule has 12 N–H and O–H groups in total. The highest BCUT2D eigenvalue weighted by Gasteiger charge is 2.51. The molecule has 0 saturated carbocycles. The normalized spacial score (nSPS) is 37.8. The maximum atomic E-state index is 13.7.